The van der Waals surface area contributed by atoms with Crippen LogP contribution in [0.1, 0.15) is 13.3 Å². The summed E-state index contributed by atoms with van der Waals surface area (Å²) in [7, 11) is 0. The molecule has 5 nitrogen and oxygen atoms in total. The van der Waals surface area contributed by atoms with Gasteiger partial charge in [0.1, 0.15) is 11.9 Å². The van der Waals surface area contributed by atoms with Crippen molar-refractivity contribution in [2.45, 2.75) is 19.4 Å². The quantitative estimate of drug-likeness (QED) is 0.807. The molecule has 1 aliphatic heterocycles. The van der Waals surface area contributed by atoms with E-state index in [0.29, 0.717) is 24.7 Å². The minimum absolute atomic E-state index is 0.177. The second-order valence-electron chi connectivity index (χ2n) is 5.50. The molecule has 1 unspecified atom stereocenters. The average Bonchev–Trinajstić information content (AvgIpc) is 2.51. The summed E-state index contributed by atoms with van der Waals surface area (Å²) in [5.74, 6) is 0.615. The van der Waals surface area contributed by atoms with Gasteiger partial charge in [0.2, 0.25) is 0 Å². The molecule has 0 spiro atoms. The Bertz CT molecular complexity index is 488. The van der Waals surface area contributed by atoms with Crippen LogP contribution in [0.4, 0.5) is 0 Å². The molecule has 0 aromatic heterocycles. The van der Waals surface area contributed by atoms with Crippen molar-refractivity contribution < 1.29 is 14.6 Å². The first-order valence-corrected chi connectivity index (χ1v) is 8.01. The van der Waals surface area contributed by atoms with Gasteiger partial charge in [-0.2, -0.15) is 0 Å². The van der Waals surface area contributed by atoms with E-state index >= 15 is 0 Å². The molecule has 0 aliphatic carbocycles. The summed E-state index contributed by atoms with van der Waals surface area (Å²) >= 11 is 5.90. The van der Waals surface area contributed by atoms with E-state index in [0.717, 1.165) is 31.8 Å². The van der Waals surface area contributed by atoms with Crippen LogP contribution in [0.2, 0.25) is 5.02 Å². The van der Waals surface area contributed by atoms with Crippen molar-refractivity contribution in [1.29, 1.82) is 0 Å². The number of ether oxygens (including phenoxy) is 1. The molecule has 1 saturated heterocycles. The number of amides is 1. The fraction of sp³-hybridized carbons (Fsp3) is 0.562. The van der Waals surface area contributed by atoms with Gasteiger partial charge in [-0.15, -0.1) is 0 Å². The minimum Gasteiger partial charge on any atom is -0.493 e. The van der Waals surface area contributed by atoms with Crippen LogP contribution in [0.5, 0.6) is 5.75 Å². The van der Waals surface area contributed by atoms with Crippen LogP contribution in [0.15, 0.2) is 24.3 Å². The van der Waals surface area contributed by atoms with Crippen molar-refractivity contribution in [2.75, 3.05) is 39.3 Å². The number of piperazine rings is 1. The zero-order chi connectivity index (χ0) is 15.9. The molecule has 1 aromatic carbocycles. The summed E-state index contributed by atoms with van der Waals surface area (Å²) in [6, 6.07) is 7.40. The maximum atomic E-state index is 11.7. The summed E-state index contributed by atoms with van der Waals surface area (Å²) in [5, 5.41) is 9.99. The van der Waals surface area contributed by atoms with Gasteiger partial charge in [-0.3, -0.25) is 9.69 Å². The highest BCUT2D eigenvalue weighted by Crippen LogP contribution is 2.17. The van der Waals surface area contributed by atoms with E-state index in [2.05, 4.69) is 4.90 Å². The van der Waals surface area contributed by atoms with Crippen LogP contribution in [-0.2, 0) is 4.79 Å². The van der Waals surface area contributed by atoms with Gasteiger partial charge < -0.3 is 14.7 Å². The topological polar surface area (TPSA) is 53.0 Å². The molecule has 122 valence electrons. The first kappa shape index (κ1) is 17.1. The Morgan fingerprint density at radius 2 is 2.09 bits per heavy atom. The molecule has 2 rings (SSSR count). The number of aliphatic hydroxyl groups is 1. The maximum Gasteiger partial charge on any atom is 0.251 e. The van der Waals surface area contributed by atoms with E-state index in [1.807, 2.05) is 24.3 Å². The number of benzene rings is 1. The van der Waals surface area contributed by atoms with Crippen molar-refractivity contribution in [3.8, 4) is 5.75 Å². The lowest BCUT2D eigenvalue weighted by atomic mass is 10.2. The number of rotatable bonds is 6. The molecule has 0 radical (unpaired) electrons. The fourth-order valence-electron chi connectivity index (χ4n) is 2.49. The Morgan fingerprint density at radius 1 is 1.36 bits per heavy atom. The normalized spacial score (nSPS) is 17.3. The summed E-state index contributed by atoms with van der Waals surface area (Å²) in [6.45, 7) is 6.15. The lowest BCUT2D eigenvalue weighted by molar-refractivity contribution is -0.141. The van der Waals surface area contributed by atoms with Crippen LogP contribution in [0, 0.1) is 0 Å². The summed E-state index contributed by atoms with van der Waals surface area (Å²) in [5.41, 5.74) is 0. The second kappa shape index (κ2) is 8.36. The van der Waals surface area contributed by atoms with Crippen LogP contribution >= 0.6 is 11.6 Å². The number of carbonyl (C=O) groups is 1. The highest BCUT2D eigenvalue weighted by atomic mass is 35.5. The zero-order valence-corrected chi connectivity index (χ0v) is 13.6. The number of hydrogen-bond donors (Lipinski definition) is 1. The number of halogens is 1. The van der Waals surface area contributed by atoms with Gasteiger partial charge in [0.25, 0.3) is 5.91 Å². The predicted octanol–water partition coefficient (Wildman–Crippen LogP) is 1.63. The first-order chi connectivity index (χ1) is 10.6. The molecule has 0 bridgehead atoms. The van der Waals surface area contributed by atoms with Crippen molar-refractivity contribution in [3.63, 3.8) is 0 Å². The third-order valence-corrected chi connectivity index (χ3v) is 3.96. The van der Waals surface area contributed by atoms with Gasteiger partial charge in [-0.05, 0) is 31.5 Å². The highest BCUT2D eigenvalue weighted by Gasteiger charge is 2.23. The molecule has 6 heteroatoms. The summed E-state index contributed by atoms with van der Waals surface area (Å²) in [4.78, 5) is 15.7. The van der Waals surface area contributed by atoms with E-state index in [9.17, 15) is 9.90 Å². The van der Waals surface area contributed by atoms with Gasteiger partial charge in [-0.1, -0.05) is 17.7 Å². The summed E-state index contributed by atoms with van der Waals surface area (Å²) in [6.07, 6.45) is 0.0225. The number of carbonyl (C=O) groups excluding carboxylic acids is 1. The van der Waals surface area contributed by atoms with E-state index in [1.165, 1.54) is 6.92 Å². The van der Waals surface area contributed by atoms with Crippen LogP contribution in [0.3, 0.4) is 0 Å². The highest BCUT2D eigenvalue weighted by molar-refractivity contribution is 6.30. The van der Waals surface area contributed by atoms with Gasteiger partial charge in [0.15, 0.2) is 0 Å². The van der Waals surface area contributed by atoms with Crippen molar-refractivity contribution in [3.05, 3.63) is 29.3 Å². The summed E-state index contributed by atoms with van der Waals surface area (Å²) < 4.78 is 5.66. The minimum atomic E-state index is -0.905. The van der Waals surface area contributed by atoms with Crippen LogP contribution in [-0.4, -0.2) is 66.2 Å². The van der Waals surface area contributed by atoms with Crippen LogP contribution < -0.4 is 4.74 Å². The molecule has 1 heterocycles. The smallest absolute Gasteiger partial charge is 0.251 e. The molecule has 1 fully saturated rings. The van der Waals surface area contributed by atoms with E-state index in [1.54, 1.807) is 4.90 Å². The second-order valence-corrected chi connectivity index (χ2v) is 5.94. The molecular weight excluding hydrogens is 304 g/mol. The number of nitrogens with zero attached hydrogens (tertiary/aromatic N) is 2. The Morgan fingerprint density at radius 3 is 2.73 bits per heavy atom. The molecule has 1 amide bonds. The molecule has 0 saturated carbocycles. The molecule has 22 heavy (non-hydrogen) atoms. The number of aliphatic hydroxyl groups excluding tert-OH is 1. The predicted molar refractivity (Wildman–Crippen MR) is 86.3 cm³/mol. The first-order valence-electron chi connectivity index (χ1n) is 7.64. The molecular formula is C16H23ClN2O3. The third-order valence-electron chi connectivity index (χ3n) is 3.72. The standard InChI is InChI=1S/C16H23ClN2O3/c1-13(20)16(21)19-9-7-18(8-10-19)6-3-11-22-15-5-2-4-14(17)12-15/h2,4-5,12-13,20H,3,6-11H2,1H3. The monoisotopic (exact) mass is 326 g/mol. The van der Waals surface area contributed by atoms with E-state index in [4.69, 9.17) is 16.3 Å². The average molecular weight is 327 g/mol. The van der Waals surface area contributed by atoms with E-state index < -0.39 is 6.10 Å². The Kier molecular flexibility index (Phi) is 6.49. The molecule has 1 N–H and O–H groups in total. The zero-order valence-electron chi connectivity index (χ0n) is 12.9. The lowest BCUT2D eigenvalue weighted by Gasteiger charge is -2.35. The molecule has 1 aliphatic rings. The molecule has 1 aromatic rings. The van der Waals surface area contributed by atoms with E-state index in [-0.39, 0.29) is 5.91 Å². The van der Waals surface area contributed by atoms with Crippen molar-refractivity contribution in [2.24, 2.45) is 0 Å². The van der Waals surface area contributed by atoms with Gasteiger partial charge in [0.05, 0.1) is 6.61 Å². The Balaban J connectivity index is 1.62. The van der Waals surface area contributed by atoms with Crippen molar-refractivity contribution in [1.82, 2.24) is 9.80 Å². The van der Waals surface area contributed by atoms with Gasteiger partial charge >= 0.3 is 0 Å². The maximum absolute atomic E-state index is 11.7. The Hall–Kier alpha value is -1.30. The van der Waals surface area contributed by atoms with Gasteiger partial charge in [-0.25, -0.2) is 0 Å². The Labute approximate surface area is 136 Å². The molecule has 1 atom stereocenters. The lowest BCUT2D eigenvalue weighted by Crippen LogP contribution is -2.51. The van der Waals surface area contributed by atoms with Gasteiger partial charge in [0, 0.05) is 37.7 Å². The third kappa shape index (κ3) is 5.16. The number of hydrogen-bond acceptors (Lipinski definition) is 4. The van der Waals surface area contributed by atoms with Crippen molar-refractivity contribution >= 4 is 17.5 Å². The SMILES string of the molecule is CC(O)C(=O)N1CCN(CCCOc2cccc(Cl)c2)CC1. The largest absolute Gasteiger partial charge is 0.493 e. The van der Waals surface area contributed by atoms with Crippen LogP contribution in [0.25, 0.3) is 0 Å². The fourth-order valence-corrected chi connectivity index (χ4v) is 2.67.